The van der Waals surface area contributed by atoms with Gasteiger partial charge >= 0.3 is 0 Å². The van der Waals surface area contributed by atoms with Gasteiger partial charge in [-0.1, -0.05) is 0 Å². The van der Waals surface area contributed by atoms with Gasteiger partial charge in [0.2, 0.25) is 6.41 Å². The second-order valence-electron chi connectivity index (χ2n) is 6.09. The Morgan fingerprint density at radius 3 is 2.84 bits per heavy atom. The number of anilines is 1. The van der Waals surface area contributed by atoms with Crippen LogP contribution >= 0.6 is 0 Å². The highest BCUT2D eigenvalue weighted by molar-refractivity contribution is 5.38. The third-order valence-electron chi connectivity index (χ3n) is 3.24. The van der Waals surface area contributed by atoms with Crippen molar-refractivity contribution in [2.45, 2.75) is 45.1 Å². The van der Waals surface area contributed by atoms with Crippen LogP contribution in [-0.2, 0) is 4.74 Å². The number of pyridine rings is 1. The molecule has 5 heteroatoms. The minimum absolute atomic E-state index is 0.351. The van der Waals surface area contributed by atoms with E-state index in [2.05, 4.69) is 4.98 Å². The summed E-state index contributed by atoms with van der Waals surface area (Å²) in [6.07, 6.45) is 3.63. The van der Waals surface area contributed by atoms with E-state index < -0.39 is 6.41 Å². The van der Waals surface area contributed by atoms with Gasteiger partial charge in [-0.25, -0.2) is 0 Å². The number of aromatic nitrogens is 1. The van der Waals surface area contributed by atoms with E-state index in [1.54, 1.807) is 6.20 Å². The number of aliphatic hydroxyl groups is 1. The zero-order chi connectivity index (χ0) is 14.0. The Morgan fingerprint density at radius 1 is 1.47 bits per heavy atom. The number of hydrogen-bond acceptors (Lipinski definition) is 5. The molecule has 0 bridgehead atoms. The van der Waals surface area contributed by atoms with Crippen LogP contribution < -0.4 is 5.73 Å². The molecule has 0 aliphatic carbocycles. The van der Waals surface area contributed by atoms with Crippen molar-refractivity contribution < 1.29 is 9.84 Å². The summed E-state index contributed by atoms with van der Waals surface area (Å²) < 4.78 is 5.57. The Bertz CT molecular complexity index is 431. The van der Waals surface area contributed by atoms with Gasteiger partial charge in [-0.05, 0) is 44.7 Å². The second kappa shape index (κ2) is 5.45. The largest absolute Gasteiger partial charge is 0.397 e. The highest BCUT2D eigenvalue weighted by atomic mass is 16.6. The lowest BCUT2D eigenvalue weighted by atomic mass is 10.0. The zero-order valence-corrected chi connectivity index (χ0v) is 11.8. The molecule has 5 nitrogen and oxygen atoms in total. The van der Waals surface area contributed by atoms with Crippen molar-refractivity contribution in [3.05, 3.63) is 24.0 Å². The smallest absolute Gasteiger partial charge is 0.216 e. The molecule has 0 radical (unpaired) electrons. The molecule has 0 aromatic carbocycles. The van der Waals surface area contributed by atoms with E-state index in [4.69, 9.17) is 10.5 Å². The summed E-state index contributed by atoms with van der Waals surface area (Å²) in [5, 5.41) is 10.1. The standard InChI is InChI=1S/C14H23N3O2/c1-14(2,3)19-13(18)17-5-4-10(9-17)11-6-12(15)8-16-7-11/h6-8,10,13,18H,4-5,9,15H2,1-3H3. The molecule has 106 valence electrons. The Kier molecular flexibility index (Phi) is 4.08. The van der Waals surface area contributed by atoms with E-state index in [9.17, 15) is 5.11 Å². The Labute approximate surface area is 114 Å². The van der Waals surface area contributed by atoms with Crippen molar-refractivity contribution in [2.75, 3.05) is 18.8 Å². The average molecular weight is 265 g/mol. The number of nitrogens with two attached hydrogens (primary N) is 1. The first-order valence-electron chi connectivity index (χ1n) is 6.65. The quantitative estimate of drug-likeness (QED) is 0.811. The third kappa shape index (κ3) is 3.89. The number of nitrogen functional groups attached to an aromatic ring is 1. The highest BCUT2D eigenvalue weighted by Gasteiger charge is 2.30. The van der Waals surface area contributed by atoms with Gasteiger partial charge in [0.05, 0.1) is 11.3 Å². The molecule has 2 unspecified atom stereocenters. The van der Waals surface area contributed by atoms with E-state index >= 15 is 0 Å². The van der Waals surface area contributed by atoms with Crippen LogP contribution in [0.4, 0.5) is 5.69 Å². The summed E-state index contributed by atoms with van der Waals surface area (Å²) in [5.74, 6) is 0.356. The predicted octanol–water partition coefficient (Wildman–Crippen LogP) is 1.54. The molecule has 1 aromatic heterocycles. The summed E-state index contributed by atoms with van der Waals surface area (Å²) >= 11 is 0. The topological polar surface area (TPSA) is 71.6 Å². The first-order valence-corrected chi connectivity index (χ1v) is 6.65. The number of aliphatic hydroxyl groups excluding tert-OH is 1. The third-order valence-corrected chi connectivity index (χ3v) is 3.24. The zero-order valence-electron chi connectivity index (χ0n) is 11.8. The maximum absolute atomic E-state index is 10.1. The maximum Gasteiger partial charge on any atom is 0.216 e. The molecular weight excluding hydrogens is 242 g/mol. The fraction of sp³-hybridized carbons (Fsp3) is 0.643. The van der Waals surface area contributed by atoms with E-state index in [0.717, 1.165) is 25.1 Å². The molecular formula is C14H23N3O2. The van der Waals surface area contributed by atoms with Gasteiger partial charge in [0.15, 0.2) is 0 Å². The molecule has 19 heavy (non-hydrogen) atoms. The Hall–Kier alpha value is -1.17. The van der Waals surface area contributed by atoms with Crippen molar-refractivity contribution in [2.24, 2.45) is 0 Å². The molecule has 2 rings (SSSR count). The normalized spacial score (nSPS) is 22.6. The summed E-state index contributed by atoms with van der Waals surface area (Å²) in [6.45, 7) is 7.39. The summed E-state index contributed by atoms with van der Waals surface area (Å²) in [4.78, 5) is 6.06. The lowest BCUT2D eigenvalue weighted by Gasteiger charge is -2.29. The predicted molar refractivity (Wildman–Crippen MR) is 74.4 cm³/mol. The highest BCUT2D eigenvalue weighted by Crippen LogP contribution is 2.29. The number of ether oxygens (including phenoxy) is 1. The van der Waals surface area contributed by atoms with Crippen LogP contribution in [0.1, 0.15) is 38.7 Å². The lowest BCUT2D eigenvalue weighted by molar-refractivity contribution is -0.234. The molecule has 0 saturated carbocycles. The molecule has 0 amide bonds. The van der Waals surface area contributed by atoms with Crippen LogP contribution in [0.25, 0.3) is 0 Å². The van der Waals surface area contributed by atoms with Crippen LogP contribution in [0.5, 0.6) is 0 Å². The van der Waals surface area contributed by atoms with E-state index in [0.29, 0.717) is 11.6 Å². The van der Waals surface area contributed by atoms with Crippen molar-refractivity contribution >= 4 is 5.69 Å². The van der Waals surface area contributed by atoms with Crippen LogP contribution in [0, 0.1) is 0 Å². The molecule has 1 saturated heterocycles. The van der Waals surface area contributed by atoms with Crippen LogP contribution in [0.3, 0.4) is 0 Å². The summed E-state index contributed by atoms with van der Waals surface area (Å²) in [7, 11) is 0. The van der Waals surface area contributed by atoms with Gasteiger partial charge < -0.3 is 15.6 Å². The van der Waals surface area contributed by atoms with Crippen LogP contribution in [0.15, 0.2) is 18.5 Å². The van der Waals surface area contributed by atoms with Crippen LogP contribution in [0.2, 0.25) is 0 Å². The minimum atomic E-state index is -0.848. The fourth-order valence-electron chi connectivity index (χ4n) is 2.35. The lowest BCUT2D eigenvalue weighted by Crippen LogP contribution is -2.40. The summed E-state index contributed by atoms with van der Waals surface area (Å²) in [5.41, 5.74) is 7.22. The Balaban J connectivity index is 1.96. The van der Waals surface area contributed by atoms with Gasteiger partial charge in [-0.15, -0.1) is 0 Å². The van der Waals surface area contributed by atoms with E-state index in [-0.39, 0.29) is 5.60 Å². The van der Waals surface area contributed by atoms with Gasteiger partial charge in [0, 0.05) is 25.5 Å². The van der Waals surface area contributed by atoms with Crippen molar-refractivity contribution in [1.82, 2.24) is 9.88 Å². The number of rotatable bonds is 3. The maximum atomic E-state index is 10.1. The Morgan fingerprint density at radius 2 is 2.21 bits per heavy atom. The van der Waals surface area contributed by atoms with Crippen molar-refractivity contribution in [1.29, 1.82) is 0 Å². The molecule has 2 heterocycles. The first-order chi connectivity index (χ1) is 8.85. The number of likely N-dealkylation sites (tertiary alicyclic amines) is 1. The number of hydrogen-bond donors (Lipinski definition) is 2. The summed E-state index contributed by atoms with van der Waals surface area (Å²) in [6, 6.07) is 1.96. The number of nitrogens with zero attached hydrogens (tertiary/aromatic N) is 2. The van der Waals surface area contributed by atoms with Gasteiger partial charge in [-0.2, -0.15) is 0 Å². The SMILES string of the molecule is CC(C)(C)OC(O)N1CCC(c2cncc(N)c2)C1. The molecule has 3 N–H and O–H groups in total. The fourth-order valence-corrected chi connectivity index (χ4v) is 2.35. The second-order valence-corrected chi connectivity index (χ2v) is 6.09. The molecule has 0 spiro atoms. The molecule has 1 aliphatic heterocycles. The van der Waals surface area contributed by atoms with E-state index in [1.807, 2.05) is 37.9 Å². The van der Waals surface area contributed by atoms with Crippen molar-refractivity contribution in [3.8, 4) is 0 Å². The monoisotopic (exact) mass is 265 g/mol. The van der Waals surface area contributed by atoms with E-state index in [1.165, 1.54) is 0 Å². The van der Waals surface area contributed by atoms with Gasteiger partial charge in [0.25, 0.3) is 0 Å². The molecule has 1 aromatic rings. The molecule has 1 aliphatic rings. The first kappa shape index (κ1) is 14.2. The minimum Gasteiger partial charge on any atom is -0.397 e. The molecule has 1 fully saturated rings. The van der Waals surface area contributed by atoms with Gasteiger partial charge in [-0.3, -0.25) is 9.88 Å². The molecule has 2 atom stereocenters. The van der Waals surface area contributed by atoms with Crippen molar-refractivity contribution in [3.63, 3.8) is 0 Å². The average Bonchev–Trinajstić information content (AvgIpc) is 2.75. The van der Waals surface area contributed by atoms with Gasteiger partial charge in [0.1, 0.15) is 0 Å². The van der Waals surface area contributed by atoms with Crippen LogP contribution in [-0.4, -0.2) is 40.1 Å².